The summed E-state index contributed by atoms with van der Waals surface area (Å²) in [5.41, 5.74) is 2.96. The van der Waals surface area contributed by atoms with Crippen molar-refractivity contribution in [1.82, 2.24) is 0 Å². The highest BCUT2D eigenvalue weighted by Crippen LogP contribution is 2.21. The van der Waals surface area contributed by atoms with E-state index in [9.17, 15) is 9.59 Å². The van der Waals surface area contributed by atoms with E-state index in [0.717, 1.165) is 11.1 Å². The number of anilines is 1. The van der Waals surface area contributed by atoms with Crippen LogP contribution in [0, 0.1) is 13.8 Å². The molecule has 0 heterocycles. The summed E-state index contributed by atoms with van der Waals surface area (Å²) in [4.78, 5) is 23.8. The third-order valence-corrected chi connectivity index (χ3v) is 3.84. The summed E-state index contributed by atoms with van der Waals surface area (Å²) in [6.45, 7) is 3.53. The largest absolute Gasteiger partial charge is 0.452 e. The molecule has 0 fully saturated rings. The first-order chi connectivity index (χ1) is 10.9. The van der Waals surface area contributed by atoms with Crippen LogP contribution in [0.5, 0.6) is 0 Å². The lowest BCUT2D eigenvalue weighted by Gasteiger charge is -2.09. The smallest absolute Gasteiger partial charge is 0.340 e. The molecule has 0 bridgehead atoms. The van der Waals surface area contributed by atoms with Crippen molar-refractivity contribution >= 4 is 40.8 Å². The molecule has 0 radical (unpaired) electrons. The lowest BCUT2D eigenvalue weighted by atomic mass is 10.1. The van der Waals surface area contributed by atoms with Crippen LogP contribution in [0.15, 0.2) is 36.4 Å². The molecule has 1 amide bonds. The van der Waals surface area contributed by atoms with Crippen molar-refractivity contribution < 1.29 is 14.3 Å². The van der Waals surface area contributed by atoms with Crippen molar-refractivity contribution in [2.45, 2.75) is 13.8 Å². The van der Waals surface area contributed by atoms with Gasteiger partial charge >= 0.3 is 5.97 Å². The number of amides is 1. The molecule has 0 unspecified atom stereocenters. The molecule has 0 spiro atoms. The fourth-order valence-electron chi connectivity index (χ4n) is 1.88. The Morgan fingerprint density at radius 1 is 1.04 bits per heavy atom. The van der Waals surface area contributed by atoms with E-state index in [-0.39, 0.29) is 10.6 Å². The van der Waals surface area contributed by atoms with E-state index in [2.05, 4.69) is 5.32 Å². The molecule has 1 N–H and O–H groups in total. The number of esters is 1. The zero-order chi connectivity index (χ0) is 17.0. The normalized spacial score (nSPS) is 10.3. The zero-order valence-electron chi connectivity index (χ0n) is 12.7. The van der Waals surface area contributed by atoms with Gasteiger partial charge in [0.25, 0.3) is 5.91 Å². The van der Waals surface area contributed by atoms with Gasteiger partial charge in [-0.2, -0.15) is 0 Å². The summed E-state index contributed by atoms with van der Waals surface area (Å²) in [6.07, 6.45) is 0. The number of hydrogen-bond acceptors (Lipinski definition) is 3. The average Bonchev–Trinajstić information content (AvgIpc) is 2.51. The molecule has 0 aliphatic rings. The highest BCUT2D eigenvalue weighted by Gasteiger charge is 2.14. The highest BCUT2D eigenvalue weighted by molar-refractivity contribution is 6.35. The fourth-order valence-corrected chi connectivity index (χ4v) is 2.25. The third kappa shape index (κ3) is 4.71. The van der Waals surface area contributed by atoms with Crippen LogP contribution in [0.1, 0.15) is 21.5 Å². The van der Waals surface area contributed by atoms with Crippen LogP contribution in [-0.2, 0) is 9.53 Å². The summed E-state index contributed by atoms with van der Waals surface area (Å²) >= 11 is 11.7. The van der Waals surface area contributed by atoms with Gasteiger partial charge in [0.05, 0.1) is 10.6 Å². The van der Waals surface area contributed by atoms with E-state index in [1.165, 1.54) is 12.1 Å². The molecule has 6 heteroatoms. The number of aryl methyl sites for hydroxylation is 2. The SMILES string of the molecule is Cc1ccc(NC(=O)COC(=O)c2cc(Cl)ccc2Cl)cc1C. The molecule has 0 aliphatic heterocycles. The standard InChI is InChI=1S/C17H15Cl2NO3/c1-10-3-5-13(7-11(10)2)20-16(21)9-23-17(22)14-8-12(18)4-6-15(14)19/h3-8H,9H2,1-2H3,(H,20,21). The van der Waals surface area contributed by atoms with Gasteiger partial charge < -0.3 is 10.1 Å². The molecule has 4 nitrogen and oxygen atoms in total. The van der Waals surface area contributed by atoms with E-state index < -0.39 is 18.5 Å². The Labute approximate surface area is 144 Å². The predicted molar refractivity (Wildman–Crippen MR) is 91.3 cm³/mol. The summed E-state index contributed by atoms with van der Waals surface area (Å²) < 4.78 is 4.96. The van der Waals surface area contributed by atoms with Crippen LogP contribution in [0.2, 0.25) is 10.0 Å². The summed E-state index contributed by atoms with van der Waals surface area (Å²) in [6, 6.07) is 10.00. The number of ether oxygens (including phenoxy) is 1. The second-order valence-corrected chi connectivity index (χ2v) is 5.89. The number of halogens is 2. The van der Waals surface area contributed by atoms with Gasteiger partial charge in [-0.3, -0.25) is 4.79 Å². The molecule has 120 valence electrons. The predicted octanol–water partition coefficient (Wildman–Crippen LogP) is 4.41. The Kier molecular flexibility index (Phi) is 5.64. The molecule has 23 heavy (non-hydrogen) atoms. The van der Waals surface area contributed by atoms with Crippen LogP contribution >= 0.6 is 23.2 Å². The van der Waals surface area contributed by atoms with E-state index >= 15 is 0 Å². The third-order valence-electron chi connectivity index (χ3n) is 3.27. The molecule has 0 saturated carbocycles. The van der Waals surface area contributed by atoms with Crippen molar-refractivity contribution in [2.75, 3.05) is 11.9 Å². The molecule has 0 saturated heterocycles. The number of rotatable bonds is 4. The minimum absolute atomic E-state index is 0.123. The Balaban J connectivity index is 1.94. The second-order valence-electron chi connectivity index (χ2n) is 5.05. The van der Waals surface area contributed by atoms with E-state index in [4.69, 9.17) is 27.9 Å². The van der Waals surface area contributed by atoms with Crippen molar-refractivity contribution in [1.29, 1.82) is 0 Å². The summed E-state index contributed by atoms with van der Waals surface area (Å²) in [7, 11) is 0. The molecule has 0 aromatic heterocycles. The maximum Gasteiger partial charge on any atom is 0.340 e. The molecule has 2 aromatic rings. The second kappa shape index (κ2) is 7.49. The van der Waals surface area contributed by atoms with Gasteiger partial charge in [-0.15, -0.1) is 0 Å². The van der Waals surface area contributed by atoms with Gasteiger partial charge in [0.2, 0.25) is 0 Å². The first-order valence-corrected chi connectivity index (χ1v) is 7.61. The van der Waals surface area contributed by atoms with Gasteiger partial charge in [0.1, 0.15) is 0 Å². The van der Waals surface area contributed by atoms with Gasteiger partial charge in [-0.05, 0) is 55.3 Å². The van der Waals surface area contributed by atoms with Crippen molar-refractivity contribution in [3.63, 3.8) is 0 Å². The van der Waals surface area contributed by atoms with Crippen LogP contribution in [0.4, 0.5) is 5.69 Å². The van der Waals surface area contributed by atoms with Crippen molar-refractivity contribution in [2.24, 2.45) is 0 Å². The van der Waals surface area contributed by atoms with Crippen LogP contribution in [0.25, 0.3) is 0 Å². The highest BCUT2D eigenvalue weighted by atomic mass is 35.5. The molecule has 0 aliphatic carbocycles. The average molecular weight is 352 g/mol. The molecular formula is C17H15Cl2NO3. The van der Waals surface area contributed by atoms with Crippen molar-refractivity contribution in [3.05, 3.63) is 63.1 Å². The Bertz CT molecular complexity index is 759. The Hall–Kier alpha value is -2.04. The number of nitrogens with one attached hydrogen (secondary N) is 1. The Morgan fingerprint density at radius 2 is 1.78 bits per heavy atom. The molecular weight excluding hydrogens is 337 g/mol. The molecule has 2 rings (SSSR count). The lowest BCUT2D eigenvalue weighted by molar-refractivity contribution is -0.119. The topological polar surface area (TPSA) is 55.4 Å². The quantitative estimate of drug-likeness (QED) is 0.830. The number of hydrogen-bond donors (Lipinski definition) is 1. The van der Waals surface area contributed by atoms with E-state index in [0.29, 0.717) is 10.7 Å². The summed E-state index contributed by atoms with van der Waals surface area (Å²) in [5.74, 6) is -1.13. The van der Waals surface area contributed by atoms with Gasteiger partial charge in [0.15, 0.2) is 6.61 Å². The number of carbonyl (C=O) groups is 2. The van der Waals surface area contributed by atoms with Gasteiger partial charge in [0, 0.05) is 10.7 Å². The maximum atomic E-state index is 11.9. The Morgan fingerprint density at radius 3 is 2.48 bits per heavy atom. The monoisotopic (exact) mass is 351 g/mol. The number of carbonyl (C=O) groups excluding carboxylic acids is 2. The van der Waals surface area contributed by atoms with Crippen LogP contribution in [0.3, 0.4) is 0 Å². The fraction of sp³-hybridized carbons (Fsp3) is 0.176. The minimum Gasteiger partial charge on any atom is -0.452 e. The van der Waals surface area contributed by atoms with Gasteiger partial charge in [-0.25, -0.2) is 4.79 Å². The van der Waals surface area contributed by atoms with Gasteiger partial charge in [-0.1, -0.05) is 29.3 Å². The van der Waals surface area contributed by atoms with Crippen molar-refractivity contribution in [3.8, 4) is 0 Å². The summed E-state index contributed by atoms with van der Waals surface area (Å²) in [5, 5.41) is 3.25. The van der Waals surface area contributed by atoms with E-state index in [1.54, 1.807) is 12.1 Å². The number of benzene rings is 2. The minimum atomic E-state index is -0.701. The molecule has 2 aromatic carbocycles. The molecule has 0 atom stereocenters. The first kappa shape index (κ1) is 17.3. The zero-order valence-corrected chi connectivity index (χ0v) is 14.2. The maximum absolute atomic E-state index is 11.9. The lowest BCUT2D eigenvalue weighted by Crippen LogP contribution is -2.21. The van der Waals surface area contributed by atoms with E-state index in [1.807, 2.05) is 26.0 Å². The first-order valence-electron chi connectivity index (χ1n) is 6.86. The van der Waals surface area contributed by atoms with Crippen LogP contribution in [-0.4, -0.2) is 18.5 Å². The van der Waals surface area contributed by atoms with Crippen LogP contribution < -0.4 is 5.32 Å².